The molecule has 2 aromatic heterocycles. The Hall–Kier alpha value is -2.93. The Morgan fingerprint density at radius 2 is 1.96 bits per heavy atom. The summed E-state index contributed by atoms with van der Waals surface area (Å²) in [5.74, 6) is 2.51. The van der Waals surface area contributed by atoms with Gasteiger partial charge in [-0.15, -0.1) is 0 Å². The highest BCUT2D eigenvalue weighted by Gasteiger charge is 2.18. The Morgan fingerprint density at radius 3 is 2.86 bits per heavy atom. The van der Waals surface area contributed by atoms with Gasteiger partial charge in [-0.25, -0.2) is 9.97 Å². The number of fused-ring (bicyclic) bond motifs is 2. The van der Waals surface area contributed by atoms with E-state index in [1.165, 1.54) is 12.8 Å². The third-order valence-corrected chi connectivity index (χ3v) is 5.12. The van der Waals surface area contributed by atoms with Gasteiger partial charge in [-0.1, -0.05) is 0 Å². The van der Waals surface area contributed by atoms with Crippen LogP contribution in [0, 0.1) is 5.92 Å². The van der Waals surface area contributed by atoms with E-state index in [1.54, 1.807) is 12.4 Å². The summed E-state index contributed by atoms with van der Waals surface area (Å²) < 4.78 is 17.5. The van der Waals surface area contributed by atoms with Gasteiger partial charge in [-0.05, 0) is 43.7 Å². The predicted molar refractivity (Wildman–Crippen MR) is 105 cm³/mol. The molecule has 1 atom stereocenters. The molecule has 1 N–H and O–H groups in total. The molecule has 0 bridgehead atoms. The highest BCUT2D eigenvalue weighted by atomic mass is 16.6. The Bertz CT molecular complexity index is 989. The van der Waals surface area contributed by atoms with Crippen LogP contribution in [0.4, 0.5) is 0 Å². The number of piperidine rings is 1. The zero-order valence-corrected chi connectivity index (χ0v) is 15.6. The van der Waals surface area contributed by atoms with E-state index in [2.05, 4.69) is 15.3 Å². The maximum atomic E-state index is 6.12. The molecule has 28 heavy (non-hydrogen) atoms. The van der Waals surface area contributed by atoms with Gasteiger partial charge in [0.2, 0.25) is 5.88 Å². The van der Waals surface area contributed by atoms with Crippen molar-refractivity contribution in [2.75, 3.05) is 32.9 Å². The van der Waals surface area contributed by atoms with Crippen molar-refractivity contribution < 1.29 is 14.2 Å². The summed E-state index contributed by atoms with van der Waals surface area (Å²) in [5, 5.41) is 3.42. The van der Waals surface area contributed by atoms with Crippen molar-refractivity contribution in [3.05, 3.63) is 36.7 Å². The number of nitrogens with one attached hydrogen (secondary N) is 1. The molecule has 4 heterocycles. The minimum atomic E-state index is 0.486. The standard InChI is InChI=1S/C21H22N4O3/c1-2-14(12-22-5-1)13-28-21-20-17(23-6-7-24-20)11-16(25-21)15-3-4-18-19(10-15)27-9-8-26-18/h3-4,6-7,10-11,14,22H,1-2,5,8-9,12-13H2. The molecular formula is C21H22N4O3. The van der Waals surface area contributed by atoms with E-state index in [4.69, 9.17) is 19.2 Å². The molecule has 0 radical (unpaired) electrons. The molecule has 1 saturated heterocycles. The van der Waals surface area contributed by atoms with Crippen LogP contribution in [0.15, 0.2) is 36.7 Å². The first kappa shape index (κ1) is 17.2. The number of hydrogen-bond acceptors (Lipinski definition) is 7. The third-order valence-electron chi connectivity index (χ3n) is 5.12. The Balaban J connectivity index is 1.49. The van der Waals surface area contributed by atoms with Crippen molar-refractivity contribution in [1.82, 2.24) is 20.3 Å². The molecule has 144 valence electrons. The van der Waals surface area contributed by atoms with Crippen molar-refractivity contribution in [2.45, 2.75) is 12.8 Å². The van der Waals surface area contributed by atoms with Crippen molar-refractivity contribution in [3.8, 4) is 28.6 Å². The van der Waals surface area contributed by atoms with E-state index in [0.29, 0.717) is 37.1 Å². The van der Waals surface area contributed by atoms with Crippen LogP contribution in [0.25, 0.3) is 22.3 Å². The lowest BCUT2D eigenvalue weighted by atomic mass is 10.0. The summed E-state index contributed by atoms with van der Waals surface area (Å²) in [6.07, 6.45) is 5.70. The number of hydrogen-bond donors (Lipinski definition) is 1. The van der Waals surface area contributed by atoms with Crippen LogP contribution in [0.2, 0.25) is 0 Å². The lowest BCUT2D eigenvalue weighted by Crippen LogP contribution is -2.33. The lowest BCUT2D eigenvalue weighted by molar-refractivity contribution is 0.171. The first-order valence-corrected chi connectivity index (χ1v) is 9.72. The minimum Gasteiger partial charge on any atom is -0.486 e. The first-order valence-electron chi connectivity index (χ1n) is 9.72. The maximum absolute atomic E-state index is 6.12. The molecule has 0 amide bonds. The van der Waals surface area contributed by atoms with E-state index in [9.17, 15) is 0 Å². The van der Waals surface area contributed by atoms with Crippen molar-refractivity contribution in [1.29, 1.82) is 0 Å². The Morgan fingerprint density at radius 1 is 1.07 bits per heavy atom. The average molecular weight is 378 g/mol. The molecule has 7 heteroatoms. The quantitative estimate of drug-likeness (QED) is 0.748. The maximum Gasteiger partial charge on any atom is 0.242 e. The molecule has 0 saturated carbocycles. The Kier molecular flexibility index (Phi) is 4.66. The molecule has 3 aromatic rings. The van der Waals surface area contributed by atoms with Crippen LogP contribution in [0.3, 0.4) is 0 Å². The van der Waals surface area contributed by atoms with E-state index in [1.807, 2.05) is 24.3 Å². The largest absolute Gasteiger partial charge is 0.486 e. The van der Waals surface area contributed by atoms with E-state index < -0.39 is 0 Å². The summed E-state index contributed by atoms with van der Waals surface area (Å²) in [4.78, 5) is 13.7. The highest BCUT2D eigenvalue weighted by molar-refractivity contribution is 5.83. The molecule has 1 unspecified atom stereocenters. The monoisotopic (exact) mass is 378 g/mol. The summed E-state index contributed by atoms with van der Waals surface area (Å²) in [6.45, 7) is 3.81. The van der Waals surface area contributed by atoms with Gasteiger partial charge in [0.25, 0.3) is 0 Å². The summed E-state index contributed by atoms with van der Waals surface area (Å²) in [6, 6.07) is 7.78. The topological polar surface area (TPSA) is 78.4 Å². The zero-order chi connectivity index (χ0) is 18.8. The number of aromatic nitrogens is 3. The molecule has 5 rings (SSSR count). The van der Waals surface area contributed by atoms with Crippen LogP contribution in [-0.2, 0) is 0 Å². The van der Waals surface area contributed by atoms with Gasteiger partial charge in [0.15, 0.2) is 17.0 Å². The van der Waals surface area contributed by atoms with Crippen molar-refractivity contribution in [2.24, 2.45) is 5.92 Å². The van der Waals surface area contributed by atoms with E-state index in [0.717, 1.165) is 41.4 Å². The first-order chi connectivity index (χ1) is 13.9. The number of nitrogens with zero attached hydrogens (tertiary/aromatic N) is 3. The molecule has 7 nitrogen and oxygen atoms in total. The Labute approximate surface area is 163 Å². The van der Waals surface area contributed by atoms with Crippen molar-refractivity contribution in [3.63, 3.8) is 0 Å². The zero-order valence-electron chi connectivity index (χ0n) is 15.6. The molecule has 1 aromatic carbocycles. The van der Waals surface area contributed by atoms with Gasteiger partial charge in [0, 0.05) is 30.4 Å². The van der Waals surface area contributed by atoms with Gasteiger partial charge < -0.3 is 19.5 Å². The predicted octanol–water partition coefficient (Wildman–Crippen LogP) is 2.84. The van der Waals surface area contributed by atoms with Crippen LogP contribution >= 0.6 is 0 Å². The fraction of sp³-hybridized carbons (Fsp3) is 0.381. The van der Waals surface area contributed by atoms with Crippen LogP contribution in [0.5, 0.6) is 17.4 Å². The van der Waals surface area contributed by atoms with Gasteiger partial charge in [0.05, 0.1) is 17.8 Å². The second kappa shape index (κ2) is 7.59. The number of pyridine rings is 1. The second-order valence-corrected chi connectivity index (χ2v) is 7.12. The average Bonchev–Trinajstić information content (AvgIpc) is 2.77. The summed E-state index contributed by atoms with van der Waals surface area (Å²) in [5.41, 5.74) is 3.16. The molecule has 0 aliphatic carbocycles. The summed E-state index contributed by atoms with van der Waals surface area (Å²) in [7, 11) is 0. The SMILES string of the molecule is c1cnc2c(OCC3CCCNC3)nc(-c3ccc4c(c3)OCCO4)cc2n1. The van der Waals surface area contributed by atoms with Crippen LogP contribution in [0.1, 0.15) is 12.8 Å². The van der Waals surface area contributed by atoms with Gasteiger partial charge in [-0.2, -0.15) is 0 Å². The number of ether oxygens (including phenoxy) is 3. The van der Waals surface area contributed by atoms with Crippen LogP contribution in [-0.4, -0.2) is 47.9 Å². The highest BCUT2D eigenvalue weighted by Crippen LogP contribution is 2.35. The van der Waals surface area contributed by atoms with Gasteiger partial charge in [0.1, 0.15) is 13.2 Å². The number of rotatable bonds is 4. The fourth-order valence-corrected chi connectivity index (χ4v) is 3.66. The molecular weight excluding hydrogens is 356 g/mol. The smallest absolute Gasteiger partial charge is 0.242 e. The minimum absolute atomic E-state index is 0.486. The molecule has 0 spiro atoms. The van der Waals surface area contributed by atoms with E-state index in [-0.39, 0.29) is 0 Å². The molecule has 2 aliphatic heterocycles. The molecule has 1 fully saturated rings. The fourth-order valence-electron chi connectivity index (χ4n) is 3.66. The lowest BCUT2D eigenvalue weighted by Gasteiger charge is -2.22. The third kappa shape index (κ3) is 3.45. The second-order valence-electron chi connectivity index (χ2n) is 7.12. The summed E-state index contributed by atoms with van der Waals surface area (Å²) >= 11 is 0. The van der Waals surface area contributed by atoms with Crippen LogP contribution < -0.4 is 19.5 Å². The van der Waals surface area contributed by atoms with Gasteiger partial charge >= 0.3 is 0 Å². The molecule has 2 aliphatic rings. The van der Waals surface area contributed by atoms with E-state index >= 15 is 0 Å². The number of benzene rings is 1. The normalized spacial score (nSPS) is 18.8. The van der Waals surface area contributed by atoms with Crippen molar-refractivity contribution >= 4 is 11.0 Å². The van der Waals surface area contributed by atoms with Gasteiger partial charge in [-0.3, -0.25) is 4.98 Å².